The summed E-state index contributed by atoms with van der Waals surface area (Å²) in [5, 5.41) is 7.18. The number of anilines is 2. The number of para-hydroxylation sites is 1. The van der Waals surface area contributed by atoms with E-state index in [2.05, 4.69) is 10.6 Å². The van der Waals surface area contributed by atoms with Gasteiger partial charge in [-0.2, -0.15) is 0 Å². The summed E-state index contributed by atoms with van der Waals surface area (Å²) >= 11 is 7.52. The molecular weight excluding hydrogens is 470 g/mol. The number of benzene rings is 2. The van der Waals surface area contributed by atoms with Crippen LogP contribution in [0.1, 0.15) is 23.0 Å². The second-order valence-electron chi connectivity index (χ2n) is 6.68. The molecule has 3 aromatic rings. The maximum Gasteiger partial charge on any atom is 0.265 e. The van der Waals surface area contributed by atoms with E-state index in [-0.39, 0.29) is 41.2 Å². The molecule has 2 aromatic carbocycles. The lowest BCUT2D eigenvalue weighted by Crippen LogP contribution is -2.31. The second-order valence-corrected chi connectivity index (χ2v) is 9.87. The first-order chi connectivity index (χ1) is 15.3. The van der Waals surface area contributed by atoms with Crippen molar-refractivity contribution < 1.29 is 18.0 Å². The third-order valence-electron chi connectivity index (χ3n) is 4.50. The molecule has 0 aliphatic heterocycles. The molecule has 0 aliphatic rings. The first kappa shape index (κ1) is 23.8. The Kier molecular flexibility index (Phi) is 7.89. The van der Waals surface area contributed by atoms with E-state index in [1.807, 2.05) is 0 Å². The van der Waals surface area contributed by atoms with Crippen LogP contribution in [-0.4, -0.2) is 33.3 Å². The minimum atomic E-state index is -3.95. The summed E-state index contributed by atoms with van der Waals surface area (Å²) < 4.78 is 27.8. The van der Waals surface area contributed by atoms with Crippen molar-refractivity contribution in [1.82, 2.24) is 5.32 Å². The lowest BCUT2D eigenvalue weighted by atomic mass is 10.3. The van der Waals surface area contributed by atoms with E-state index in [4.69, 9.17) is 11.6 Å². The zero-order valence-electron chi connectivity index (χ0n) is 17.2. The molecule has 32 heavy (non-hydrogen) atoms. The number of nitrogens with one attached hydrogen (secondary N) is 2. The molecule has 1 heterocycles. The molecule has 2 N–H and O–H groups in total. The van der Waals surface area contributed by atoms with E-state index in [0.717, 1.165) is 0 Å². The van der Waals surface area contributed by atoms with Gasteiger partial charge in [0.25, 0.3) is 15.9 Å². The number of halogens is 1. The van der Waals surface area contributed by atoms with E-state index in [1.165, 1.54) is 33.8 Å². The maximum absolute atomic E-state index is 13.3. The average Bonchev–Trinajstić information content (AvgIpc) is 3.31. The monoisotopic (exact) mass is 491 g/mol. The van der Waals surface area contributed by atoms with Crippen molar-refractivity contribution in [2.75, 3.05) is 22.7 Å². The number of sulfonamides is 1. The van der Waals surface area contributed by atoms with Crippen LogP contribution in [0.3, 0.4) is 0 Å². The molecule has 3 rings (SSSR count). The summed E-state index contributed by atoms with van der Waals surface area (Å²) in [5.74, 6) is -0.606. The van der Waals surface area contributed by atoms with Crippen LogP contribution >= 0.6 is 22.9 Å². The molecule has 0 saturated heterocycles. The second kappa shape index (κ2) is 10.6. The summed E-state index contributed by atoms with van der Waals surface area (Å²) in [6, 6.07) is 16.5. The van der Waals surface area contributed by atoms with Crippen LogP contribution in [0.25, 0.3) is 0 Å². The van der Waals surface area contributed by atoms with Crippen molar-refractivity contribution in [3.05, 3.63) is 75.9 Å². The normalized spacial score (nSPS) is 11.1. The Morgan fingerprint density at radius 3 is 2.47 bits per heavy atom. The molecule has 0 aliphatic carbocycles. The van der Waals surface area contributed by atoms with Gasteiger partial charge in [0.1, 0.15) is 4.90 Å². The number of thiophene rings is 1. The number of hydrogen-bond donors (Lipinski definition) is 2. The van der Waals surface area contributed by atoms with Crippen molar-refractivity contribution in [3.8, 4) is 0 Å². The van der Waals surface area contributed by atoms with Gasteiger partial charge in [-0.15, -0.1) is 11.3 Å². The van der Waals surface area contributed by atoms with Gasteiger partial charge in [-0.1, -0.05) is 35.9 Å². The molecule has 1 aromatic heterocycles. The number of nitrogens with zero attached hydrogens (tertiary/aromatic N) is 1. The van der Waals surface area contributed by atoms with E-state index in [1.54, 1.807) is 54.8 Å². The molecule has 0 fully saturated rings. The van der Waals surface area contributed by atoms with Gasteiger partial charge in [0.15, 0.2) is 0 Å². The highest BCUT2D eigenvalue weighted by Crippen LogP contribution is 2.30. The molecule has 0 radical (unpaired) electrons. The predicted octanol–water partition coefficient (Wildman–Crippen LogP) is 4.38. The number of carbonyl (C=O) groups is 2. The highest BCUT2D eigenvalue weighted by atomic mass is 35.5. The Hall–Kier alpha value is -2.88. The molecule has 0 saturated carbocycles. The van der Waals surface area contributed by atoms with Crippen LogP contribution in [0.5, 0.6) is 0 Å². The fourth-order valence-corrected chi connectivity index (χ4v) is 5.61. The van der Waals surface area contributed by atoms with Crippen molar-refractivity contribution >= 4 is 56.2 Å². The van der Waals surface area contributed by atoms with Gasteiger partial charge >= 0.3 is 0 Å². The fourth-order valence-electron chi connectivity index (χ4n) is 2.99. The summed E-state index contributed by atoms with van der Waals surface area (Å²) in [4.78, 5) is 24.7. The first-order valence-corrected chi connectivity index (χ1v) is 12.5. The highest BCUT2D eigenvalue weighted by molar-refractivity contribution is 7.93. The van der Waals surface area contributed by atoms with Gasteiger partial charge in [-0.25, -0.2) is 8.42 Å². The van der Waals surface area contributed by atoms with Crippen molar-refractivity contribution in [2.24, 2.45) is 0 Å². The number of carbonyl (C=O) groups excluding carboxylic acids is 2. The quantitative estimate of drug-likeness (QED) is 0.464. The first-order valence-electron chi connectivity index (χ1n) is 9.82. The molecule has 2 amide bonds. The zero-order valence-corrected chi connectivity index (χ0v) is 19.6. The lowest BCUT2D eigenvalue weighted by molar-refractivity contribution is -0.116. The Labute approximate surface area is 196 Å². The molecular formula is C22H22ClN3O4S2. The van der Waals surface area contributed by atoms with Crippen LogP contribution in [0.15, 0.2) is 70.9 Å². The fraction of sp³-hybridized carbons (Fsp3) is 0.182. The smallest absolute Gasteiger partial charge is 0.265 e. The number of hydrogen-bond acceptors (Lipinski definition) is 5. The molecule has 7 nitrogen and oxygen atoms in total. The Morgan fingerprint density at radius 2 is 1.81 bits per heavy atom. The minimum absolute atomic E-state index is 0.0346. The standard InChI is InChI=1S/C22H22ClN3O4S2/c1-2-26(17-7-4-3-5-8-17)32(29,30)20-15-16(10-11-18(20)23)25-21(27)12-13-24-22(28)19-9-6-14-31-19/h3-11,14-15H,2,12-13H2,1H3,(H,24,28)(H,25,27). The molecule has 168 valence electrons. The average molecular weight is 492 g/mol. The predicted molar refractivity (Wildman–Crippen MR) is 128 cm³/mol. The third kappa shape index (κ3) is 5.67. The van der Waals surface area contributed by atoms with Crippen molar-refractivity contribution in [1.29, 1.82) is 0 Å². The van der Waals surface area contributed by atoms with E-state index in [9.17, 15) is 18.0 Å². The number of amides is 2. The van der Waals surface area contributed by atoms with Crippen LogP contribution in [0, 0.1) is 0 Å². The van der Waals surface area contributed by atoms with E-state index >= 15 is 0 Å². The Balaban J connectivity index is 1.69. The SMILES string of the molecule is CCN(c1ccccc1)S(=O)(=O)c1cc(NC(=O)CCNC(=O)c2cccs2)ccc1Cl. The van der Waals surface area contributed by atoms with Crippen LogP contribution < -0.4 is 14.9 Å². The topological polar surface area (TPSA) is 95.6 Å². The minimum Gasteiger partial charge on any atom is -0.351 e. The maximum atomic E-state index is 13.3. The van der Waals surface area contributed by atoms with E-state index in [0.29, 0.717) is 16.3 Å². The summed E-state index contributed by atoms with van der Waals surface area (Å²) in [6.45, 7) is 2.09. The van der Waals surface area contributed by atoms with Crippen LogP contribution in [0.2, 0.25) is 5.02 Å². The Morgan fingerprint density at radius 1 is 1.06 bits per heavy atom. The number of rotatable bonds is 9. The molecule has 0 atom stereocenters. The van der Waals surface area contributed by atoms with Crippen molar-refractivity contribution in [3.63, 3.8) is 0 Å². The van der Waals surface area contributed by atoms with Crippen molar-refractivity contribution in [2.45, 2.75) is 18.2 Å². The Bertz CT molecular complexity index is 1180. The van der Waals surface area contributed by atoms with Crippen LogP contribution in [0.4, 0.5) is 11.4 Å². The van der Waals surface area contributed by atoms with E-state index < -0.39 is 10.0 Å². The van der Waals surface area contributed by atoms with Gasteiger partial charge in [0.05, 0.1) is 15.6 Å². The molecule has 10 heteroatoms. The summed E-state index contributed by atoms with van der Waals surface area (Å²) in [5.41, 5.74) is 0.814. The van der Waals surface area contributed by atoms with Gasteiger partial charge in [-0.3, -0.25) is 13.9 Å². The summed E-state index contributed by atoms with van der Waals surface area (Å²) in [7, 11) is -3.95. The van der Waals surface area contributed by atoms with Gasteiger partial charge in [0.2, 0.25) is 5.91 Å². The zero-order chi connectivity index (χ0) is 23.1. The molecule has 0 spiro atoms. The van der Waals surface area contributed by atoms with Gasteiger partial charge in [0, 0.05) is 25.2 Å². The summed E-state index contributed by atoms with van der Waals surface area (Å²) in [6.07, 6.45) is 0.0346. The molecule has 0 unspecified atom stereocenters. The van der Waals surface area contributed by atoms with Crippen LogP contribution in [-0.2, 0) is 14.8 Å². The van der Waals surface area contributed by atoms with Gasteiger partial charge in [-0.05, 0) is 48.7 Å². The highest BCUT2D eigenvalue weighted by Gasteiger charge is 2.26. The third-order valence-corrected chi connectivity index (χ3v) is 7.75. The lowest BCUT2D eigenvalue weighted by Gasteiger charge is -2.23. The largest absolute Gasteiger partial charge is 0.351 e. The van der Waals surface area contributed by atoms with Gasteiger partial charge < -0.3 is 10.6 Å². The molecule has 0 bridgehead atoms.